The second kappa shape index (κ2) is 4.82. The van der Waals surface area contributed by atoms with Gasteiger partial charge in [0, 0.05) is 13.5 Å². The third-order valence-electron chi connectivity index (χ3n) is 3.82. The van der Waals surface area contributed by atoms with Gasteiger partial charge in [-0.25, -0.2) is 4.79 Å². The maximum atomic E-state index is 11.9. The number of carbonyl (C=O) groups excluding carboxylic acids is 1. The number of hydrogen-bond acceptors (Lipinski definition) is 6. The van der Waals surface area contributed by atoms with Gasteiger partial charge in [-0.3, -0.25) is 0 Å². The highest BCUT2D eigenvalue weighted by Crippen LogP contribution is 2.52. The molecule has 0 amide bonds. The van der Waals surface area contributed by atoms with Gasteiger partial charge in [-0.2, -0.15) is 0 Å². The second-order valence-corrected chi connectivity index (χ2v) is 5.08. The number of aliphatic hydroxyl groups excluding tert-OH is 2. The first kappa shape index (κ1) is 13.5. The fourth-order valence-electron chi connectivity index (χ4n) is 2.56. The van der Waals surface area contributed by atoms with Crippen molar-refractivity contribution in [1.29, 1.82) is 0 Å². The summed E-state index contributed by atoms with van der Waals surface area (Å²) in [6.45, 7) is 0. The lowest BCUT2D eigenvalue weighted by atomic mass is 10.1. The molecule has 20 heavy (non-hydrogen) atoms. The van der Waals surface area contributed by atoms with Crippen LogP contribution in [0, 0.1) is 0 Å². The van der Waals surface area contributed by atoms with Crippen LogP contribution in [0.15, 0.2) is 30.3 Å². The van der Waals surface area contributed by atoms with Gasteiger partial charge in [0.05, 0.1) is 5.56 Å². The van der Waals surface area contributed by atoms with E-state index in [1.165, 1.54) is 7.11 Å². The molecule has 1 aromatic rings. The van der Waals surface area contributed by atoms with E-state index < -0.39 is 36.2 Å². The highest BCUT2D eigenvalue weighted by atomic mass is 16.7. The van der Waals surface area contributed by atoms with Crippen molar-refractivity contribution in [2.75, 3.05) is 7.11 Å². The molecular formula is C14H16O6. The molecule has 0 aromatic heterocycles. The first-order chi connectivity index (χ1) is 9.58. The highest BCUT2D eigenvalue weighted by Gasteiger charge is 2.71. The summed E-state index contributed by atoms with van der Waals surface area (Å²) in [4.78, 5) is 11.9. The minimum absolute atomic E-state index is 0.351. The van der Waals surface area contributed by atoms with E-state index in [2.05, 4.69) is 0 Å². The van der Waals surface area contributed by atoms with Crippen LogP contribution in [-0.2, 0) is 14.2 Å². The number of aliphatic hydroxyl groups is 2. The average molecular weight is 280 g/mol. The van der Waals surface area contributed by atoms with Crippen LogP contribution < -0.4 is 0 Å². The van der Waals surface area contributed by atoms with Crippen molar-refractivity contribution in [2.45, 2.75) is 36.6 Å². The van der Waals surface area contributed by atoms with E-state index in [0.29, 0.717) is 12.0 Å². The predicted molar refractivity (Wildman–Crippen MR) is 66.9 cm³/mol. The monoisotopic (exact) mass is 280 g/mol. The standard InChI is InChI=1S/C14H16O6/c1-18-13-10(15)11(16)14(20-13)7-9(14)19-12(17)8-5-3-2-4-6-8/h2-6,9-11,13,15-16H,7H2,1H3/t9-,10?,11-,13?,14-/m1/s1. The molecule has 1 heterocycles. The molecule has 6 nitrogen and oxygen atoms in total. The third kappa shape index (κ3) is 2.01. The van der Waals surface area contributed by atoms with Crippen molar-refractivity contribution in [3.05, 3.63) is 35.9 Å². The molecular weight excluding hydrogens is 264 g/mol. The van der Waals surface area contributed by atoms with Gasteiger partial charge in [-0.15, -0.1) is 0 Å². The fraction of sp³-hybridized carbons (Fsp3) is 0.500. The summed E-state index contributed by atoms with van der Waals surface area (Å²) in [6.07, 6.45) is -3.38. The largest absolute Gasteiger partial charge is 0.455 e. The molecule has 1 aliphatic heterocycles. The SMILES string of the molecule is COC1O[C@@]2(C[C@H]2OC(=O)c2ccccc2)[C@H](O)C1O. The lowest BCUT2D eigenvalue weighted by Crippen LogP contribution is -2.36. The molecule has 1 aliphatic carbocycles. The predicted octanol–water partition coefficient (Wildman–Crippen LogP) is 0.0790. The van der Waals surface area contributed by atoms with E-state index in [-0.39, 0.29) is 0 Å². The van der Waals surface area contributed by atoms with Crippen LogP contribution in [-0.4, -0.2) is 53.5 Å². The number of carbonyl (C=O) groups is 1. The van der Waals surface area contributed by atoms with E-state index in [9.17, 15) is 15.0 Å². The number of benzene rings is 1. The Labute approximate surface area is 115 Å². The van der Waals surface area contributed by atoms with Crippen molar-refractivity contribution in [3.8, 4) is 0 Å². The van der Waals surface area contributed by atoms with Gasteiger partial charge in [-0.05, 0) is 12.1 Å². The lowest BCUT2D eigenvalue weighted by Gasteiger charge is -2.14. The van der Waals surface area contributed by atoms with Gasteiger partial charge in [0.25, 0.3) is 0 Å². The smallest absolute Gasteiger partial charge is 0.338 e. The molecule has 2 unspecified atom stereocenters. The van der Waals surface area contributed by atoms with Gasteiger partial charge < -0.3 is 24.4 Å². The molecule has 3 rings (SSSR count). The quantitative estimate of drug-likeness (QED) is 0.763. The first-order valence-electron chi connectivity index (χ1n) is 6.41. The van der Waals surface area contributed by atoms with E-state index in [1.807, 2.05) is 0 Å². The molecule has 1 saturated heterocycles. The molecule has 0 bridgehead atoms. The molecule has 2 N–H and O–H groups in total. The maximum absolute atomic E-state index is 11.9. The van der Waals surface area contributed by atoms with Crippen LogP contribution >= 0.6 is 0 Å². The molecule has 2 fully saturated rings. The first-order valence-corrected chi connectivity index (χ1v) is 6.41. The summed E-state index contributed by atoms with van der Waals surface area (Å²) in [5.74, 6) is -0.473. The van der Waals surface area contributed by atoms with Crippen molar-refractivity contribution in [1.82, 2.24) is 0 Å². The van der Waals surface area contributed by atoms with Crippen LogP contribution in [0.1, 0.15) is 16.8 Å². The number of methoxy groups -OCH3 is 1. The topological polar surface area (TPSA) is 85.2 Å². The molecule has 0 radical (unpaired) electrons. The summed E-state index contributed by atoms with van der Waals surface area (Å²) in [5, 5.41) is 19.8. The Morgan fingerprint density at radius 2 is 2.05 bits per heavy atom. The Hall–Kier alpha value is -1.47. The number of ether oxygens (including phenoxy) is 3. The summed E-state index contributed by atoms with van der Waals surface area (Å²) >= 11 is 0. The van der Waals surface area contributed by atoms with E-state index in [4.69, 9.17) is 14.2 Å². The zero-order valence-electron chi connectivity index (χ0n) is 10.9. The van der Waals surface area contributed by atoms with Crippen molar-refractivity contribution in [2.24, 2.45) is 0 Å². The van der Waals surface area contributed by atoms with Crippen LogP contribution in [0.2, 0.25) is 0 Å². The van der Waals surface area contributed by atoms with Gasteiger partial charge >= 0.3 is 5.97 Å². The van der Waals surface area contributed by atoms with Crippen LogP contribution in [0.5, 0.6) is 0 Å². The lowest BCUT2D eigenvalue weighted by molar-refractivity contribution is -0.159. The van der Waals surface area contributed by atoms with E-state index in [0.717, 1.165) is 0 Å². The Balaban J connectivity index is 1.66. The fourth-order valence-corrected chi connectivity index (χ4v) is 2.56. The molecule has 1 spiro atoms. The Bertz CT molecular complexity index is 504. The number of hydrogen-bond donors (Lipinski definition) is 2. The maximum Gasteiger partial charge on any atom is 0.338 e. The summed E-state index contributed by atoms with van der Waals surface area (Å²) in [6, 6.07) is 8.58. The minimum Gasteiger partial charge on any atom is -0.455 e. The normalized spacial score (nSPS) is 39.0. The Kier molecular flexibility index (Phi) is 3.25. The molecule has 108 valence electrons. The molecule has 1 aromatic carbocycles. The van der Waals surface area contributed by atoms with Crippen LogP contribution in [0.25, 0.3) is 0 Å². The van der Waals surface area contributed by atoms with Crippen LogP contribution in [0.3, 0.4) is 0 Å². The zero-order valence-corrected chi connectivity index (χ0v) is 10.9. The van der Waals surface area contributed by atoms with E-state index in [1.54, 1.807) is 30.3 Å². The Morgan fingerprint density at radius 3 is 2.65 bits per heavy atom. The number of esters is 1. The molecule has 2 aliphatic rings. The average Bonchev–Trinajstić information content (AvgIpc) is 3.11. The van der Waals surface area contributed by atoms with Crippen molar-refractivity contribution >= 4 is 5.97 Å². The van der Waals surface area contributed by atoms with Gasteiger partial charge in [0.15, 0.2) is 6.29 Å². The van der Waals surface area contributed by atoms with Crippen LogP contribution in [0.4, 0.5) is 0 Å². The minimum atomic E-state index is -1.14. The van der Waals surface area contributed by atoms with Gasteiger partial charge in [-0.1, -0.05) is 18.2 Å². The van der Waals surface area contributed by atoms with Gasteiger partial charge in [0.2, 0.25) is 0 Å². The van der Waals surface area contributed by atoms with E-state index >= 15 is 0 Å². The van der Waals surface area contributed by atoms with Crippen molar-refractivity contribution in [3.63, 3.8) is 0 Å². The summed E-state index contributed by atoms with van der Waals surface area (Å²) in [7, 11) is 1.38. The molecule has 6 heteroatoms. The van der Waals surface area contributed by atoms with Gasteiger partial charge in [0.1, 0.15) is 23.9 Å². The number of rotatable bonds is 3. The summed E-state index contributed by atoms with van der Waals surface area (Å²) in [5.41, 5.74) is -0.601. The second-order valence-electron chi connectivity index (χ2n) is 5.08. The highest BCUT2D eigenvalue weighted by molar-refractivity contribution is 5.89. The Morgan fingerprint density at radius 1 is 1.35 bits per heavy atom. The molecule has 1 saturated carbocycles. The molecule has 5 atom stereocenters. The zero-order chi connectivity index (χ0) is 14.3. The third-order valence-corrected chi connectivity index (χ3v) is 3.82. The van der Waals surface area contributed by atoms with Crippen molar-refractivity contribution < 1.29 is 29.2 Å². The summed E-state index contributed by atoms with van der Waals surface area (Å²) < 4.78 is 15.7.